The van der Waals surface area contributed by atoms with E-state index >= 15 is 0 Å². The van der Waals surface area contributed by atoms with Gasteiger partial charge in [-0.1, -0.05) is 12.1 Å². The van der Waals surface area contributed by atoms with Gasteiger partial charge in [-0.15, -0.1) is 0 Å². The summed E-state index contributed by atoms with van der Waals surface area (Å²) in [5.41, 5.74) is 2.11. The van der Waals surface area contributed by atoms with Gasteiger partial charge >= 0.3 is 5.97 Å². The van der Waals surface area contributed by atoms with Crippen molar-refractivity contribution in [3.8, 4) is 16.9 Å². The third kappa shape index (κ3) is 3.94. The molecular weight excluding hydrogens is 299 g/mol. The topological polar surface area (TPSA) is 52.6 Å². The van der Waals surface area contributed by atoms with Crippen molar-refractivity contribution in [3.05, 3.63) is 53.3 Å². The van der Waals surface area contributed by atoms with Crippen LogP contribution in [0.15, 0.2) is 36.4 Å². The summed E-state index contributed by atoms with van der Waals surface area (Å²) in [7, 11) is 1.51. The fourth-order valence-corrected chi connectivity index (χ4v) is 2.33. The van der Waals surface area contributed by atoms with Crippen LogP contribution in [0.25, 0.3) is 11.1 Å². The molecule has 2 rings (SSSR count). The Kier molecular flexibility index (Phi) is 5.46. The van der Waals surface area contributed by atoms with Crippen LogP contribution in [0.5, 0.6) is 5.75 Å². The van der Waals surface area contributed by atoms with E-state index < -0.39 is 5.82 Å². The Hall–Kier alpha value is -2.69. The first-order valence-electron chi connectivity index (χ1n) is 7.16. The van der Waals surface area contributed by atoms with Crippen molar-refractivity contribution in [2.45, 2.75) is 13.3 Å². The predicted octanol–water partition coefficient (Wildman–Crippen LogP) is 3.42. The monoisotopic (exact) mass is 316 g/mol. The molecule has 2 aromatic rings. The lowest BCUT2D eigenvalue weighted by molar-refractivity contribution is -0.142. The average molecular weight is 316 g/mol. The average Bonchev–Trinajstić information content (AvgIpc) is 2.54. The van der Waals surface area contributed by atoms with Crippen molar-refractivity contribution in [1.29, 1.82) is 0 Å². The molecule has 0 atom stereocenters. The summed E-state index contributed by atoms with van der Waals surface area (Å²) < 4.78 is 23.6. The summed E-state index contributed by atoms with van der Waals surface area (Å²) in [6.07, 6.45) is 0.707. The number of rotatable bonds is 6. The molecule has 120 valence electrons. The quantitative estimate of drug-likeness (QED) is 0.605. The molecule has 0 heterocycles. The lowest BCUT2D eigenvalue weighted by Gasteiger charge is -2.12. The van der Waals surface area contributed by atoms with E-state index in [4.69, 9.17) is 9.47 Å². The summed E-state index contributed by atoms with van der Waals surface area (Å²) >= 11 is 0. The number of methoxy groups -OCH3 is 1. The molecule has 0 saturated heterocycles. The molecular formula is C18H17FO4. The fraction of sp³-hybridized carbons (Fsp3) is 0.222. The van der Waals surface area contributed by atoms with Gasteiger partial charge < -0.3 is 9.47 Å². The van der Waals surface area contributed by atoms with Gasteiger partial charge in [-0.25, -0.2) is 4.39 Å². The van der Waals surface area contributed by atoms with E-state index in [0.29, 0.717) is 29.8 Å². The van der Waals surface area contributed by atoms with Gasteiger partial charge in [-0.3, -0.25) is 9.59 Å². The standard InChI is InChI=1S/C18H17FO4/c1-3-23-18(21)9-12-4-7-17(22-2)16(8-12)15-6-5-14(19)10-13(15)11-20/h4-8,10-11H,3,9H2,1-2H3. The molecule has 0 fully saturated rings. The Bertz CT molecular complexity index is 725. The Labute approximate surface area is 133 Å². The number of hydrogen-bond donors (Lipinski definition) is 0. The van der Waals surface area contributed by atoms with E-state index in [1.807, 2.05) is 0 Å². The molecule has 0 aliphatic carbocycles. The van der Waals surface area contributed by atoms with Gasteiger partial charge in [0, 0.05) is 11.1 Å². The zero-order valence-corrected chi connectivity index (χ0v) is 13.0. The summed E-state index contributed by atoms with van der Waals surface area (Å²) in [5.74, 6) is -0.289. The zero-order chi connectivity index (χ0) is 16.8. The molecule has 4 nitrogen and oxygen atoms in total. The van der Waals surface area contributed by atoms with Crippen molar-refractivity contribution in [2.24, 2.45) is 0 Å². The Morgan fingerprint density at radius 1 is 1.17 bits per heavy atom. The van der Waals surface area contributed by atoms with Crippen LogP contribution in [0.2, 0.25) is 0 Å². The van der Waals surface area contributed by atoms with Gasteiger partial charge in [-0.05, 0) is 42.3 Å². The van der Waals surface area contributed by atoms with Crippen molar-refractivity contribution in [1.82, 2.24) is 0 Å². The minimum Gasteiger partial charge on any atom is -0.496 e. The van der Waals surface area contributed by atoms with Gasteiger partial charge in [-0.2, -0.15) is 0 Å². The van der Waals surface area contributed by atoms with Gasteiger partial charge in [0.2, 0.25) is 0 Å². The van der Waals surface area contributed by atoms with Crippen molar-refractivity contribution >= 4 is 12.3 Å². The minimum atomic E-state index is -0.488. The van der Waals surface area contributed by atoms with Crippen LogP contribution in [0.3, 0.4) is 0 Å². The molecule has 0 spiro atoms. The second kappa shape index (κ2) is 7.54. The number of carbonyl (C=O) groups excluding carboxylic acids is 2. The van der Waals surface area contributed by atoms with E-state index in [-0.39, 0.29) is 18.0 Å². The lowest BCUT2D eigenvalue weighted by atomic mass is 9.96. The maximum atomic E-state index is 13.3. The first kappa shape index (κ1) is 16.7. The van der Waals surface area contributed by atoms with E-state index in [9.17, 15) is 14.0 Å². The van der Waals surface area contributed by atoms with Gasteiger partial charge in [0.25, 0.3) is 0 Å². The van der Waals surface area contributed by atoms with E-state index in [1.54, 1.807) is 25.1 Å². The summed E-state index contributed by atoms with van der Waals surface area (Å²) in [6, 6.07) is 9.17. The minimum absolute atomic E-state index is 0.114. The van der Waals surface area contributed by atoms with Crippen molar-refractivity contribution < 1.29 is 23.5 Å². The number of carbonyl (C=O) groups is 2. The Morgan fingerprint density at radius 3 is 2.61 bits per heavy atom. The number of benzene rings is 2. The smallest absolute Gasteiger partial charge is 0.310 e. The Morgan fingerprint density at radius 2 is 1.96 bits per heavy atom. The molecule has 0 unspecified atom stereocenters. The molecule has 0 saturated carbocycles. The van der Waals surface area contributed by atoms with Crippen molar-refractivity contribution in [3.63, 3.8) is 0 Å². The number of esters is 1. The van der Waals surface area contributed by atoms with Crippen LogP contribution < -0.4 is 4.74 Å². The third-order valence-corrected chi connectivity index (χ3v) is 3.35. The molecule has 5 heteroatoms. The lowest BCUT2D eigenvalue weighted by Crippen LogP contribution is -2.07. The number of hydrogen-bond acceptors (Lipinski definition) is 4. The number of aldehydes is 1. The molecule has 0 amide bonds. The molecule has 2 aromatic carbocycles. The molecule has 0 bridgehead atoms. The van der Waals surface area contributed by atoms with Crippen LogP contribution in [-0.2, 0) is 16.0 Å². The fourth-order valence-electron chi connectivity index (χ4n) is 2.33. The largest absolute Gasteiger partial charge is 0.496 e. The van der Waals surface area contributed by atoms with Crippen LogP contribution in [-0.4, -0.2) is 26.0 Å². The molecule has 0 aliphatic heterocycles. The van der Waals surface area contributed by atoms with Gasteiger partial charge in [0.05, 0.1) is 20.1 Å². The van der Waals surface area contributed by atoms with Crippen LogP contribution in [0.1, 0.15) is 22.8 Å². The van der Waals surface area contributed by atoms with Crippen LogP contribution in [0, 0.1) is 5.82 Å². The maximum absolute atomic E-state index is 13.3. The highest BCUT2D eigenvalue weighted by Crippen LogP contribution is 2.33. The summed E-state index contributed by atoms with van der Waals surface area (Å²) in [4.78, 5) is 22.8. The molecule has 23 heavy (non-hydrogen) atoms. The highest BCUT2D eigenvalue weighted by molar-refractivity contribution is 5.89. The summed E-state index contributed by atoms with van der Waals surface area (Å²) in [5, 5.41) is 0. The maximum Gasteiger partial charge on any atom is 0.310 e. The summed E-state index contributed by atoms with van der Waals surface area (Å²) in [6.45, 7) is 2.06. The Balaban J connectivity index is 2.48. The first-order chi connectivity index (χ1) is 11.1. The van der Waals surface area contributed by atoms with Gasteiger partial charge in [0.1, 0.15) is 11.6 Å². The first-order valence-corrected chi connectivity index (χ1v) is 7.16. The highest BCUT2D eigenvalue weighted by atomic mass is 19.1. The van der Waals surface area contributed by atoms with E-state index in [1.165, 1.54) is 25.3 Å². The molecule has 0 aromatic heterocycles. The van der Waals surface area contributed by atoms with Crippen molar-refractivity contribution in [2.75, 3.05) is 13.7 Å². The third-order valence-electron chi connectivity index (χ3n) is 3.35. The second-order valence-corrected chi connectivity index (χ2v) is 4.87. The zero-order valence-electron chi connectivity index (χ0n) is 13.0. The number of halogens is 1. The SMILES string of the molecule is CCOC(=O)Cc1ccc(OC)c(-c2ccc(F)cc2C=O)c1. The predicted molar refractivity (Wildman–Crippen MR) is 84.1 cm³/mol. The highest BCUT2D eigenvalue weighted by Gasteiger charge is 2.13. The number of ether oxygens (including phenoxy) is 2. The van der Waals surface area contributed by atoms with Crippen LogP contribution >= 0.6 is 0 Å². The van der Waals surface area contributed by atoms with E-state index in [0.717, 1.165) is 5.56 Å². The van der Waals surface area contributed by atoms with Gasteiger partial charge in [0.15, 0.2) is 6.29 Å². The van der Waals surface area contributed by atoms with E-state index in [2.05, 4.69) is 0 Å². The molecule has 0 aliphatic rings. The molecule has 0 N–H and O–H groups in total. The second-order valence-electron chi connectivity index (χ2n) is 4.87. The van der Waals surface area contributed by atoms with Crippen LogP contribution in [0.4, 0.5) is 4.39 Å². The molecule has 0 radical (unpaired) electrons. The normalized spacial score (nSPS) is 10.2.